The Morgan fingerprint density at radius 3 is 2.08 bits per heavy atom. The number of alkyl halides is 1. The SMILES string of the molecule is Cc1ccc(CC(CNC(=O)CF)n2c(=NC(=O)O)n(Cc3ccc(C)cc3)c3ccccc32)cc1. The summed E-state index contributed by atoms with van der Waals surface area (Å²) in [4.78, 5) is 27.7. The average Bonchev–Trinajstić information content (AvgIpc) is 3.16. The minimum atomic E-state index is -1.32. The molecule has 0 saturated heterocycles. The third-order valence-electron chi connectivity index (χ3n) is 6.16. The van der Waals surface area contributed by atoms with Crippen molar-refractivity contribution in [1.82, 2.24) is 14.5 Å². The van der Waals surface area contributed by atoms with E-state index in [0.717, 1.165) is 33.3 Å². The Morgan fingerprint density at radius 2 is 1.50 bits per heavy atom. The third-order valence-corrected chi connectivity index (χ3v) is 6.16. The number of benzene rings is 3. The van der Waals surface area contributed by atoms with E-state index in [0.29, 0.717) is 13.0 Å². The van der Waals surface area contributed by atoms with Gasteiger partial charge in [-0.15, -0.1) is 4.99 Å². The molecule has 8 heteroatoms. The van der Waals surface area contributed by atoms with Crippen molar-refractivity contribution in [3.63, 3.8) is 0 Å². The standard InChI is InChI=1S/C28H29FN4O3/c1-19-7-11-21(12-8-19)15-23(17-30-26(34)16-29)33-25-6-4-3-5-24(25)32(27(33)31-28(35)36)18-22-13-9-20(2)10-14-22/h3-14,23H,15-18H2,1-2H3,(H,30,34)(H,35,36). The lowest BCUT2D eigenvalue weighted by Gasteiger charge is -2.21. The predicted molar refractivity (Wildman–Crippen MR) is 137 cm³/mol. The Kier molecular flexibility index (Phi) is 7.63. The lowest BCUT2D eigenvalue weighted by Crippen LogP contribution is -2.38. The molecule has 0 radical (unpaired) electrons. The van der Waals surface area contributed by atoms with Crippen LogP contribution in [0, 0.1) is 13.8 Å². The average molecular weight is 489 g/mol. The lowest BCUT2D eigenvalue weighted by molar-refractivity contribution is -0.122. The number of para-hydroxylation sites is 2. The Hall–Kier alpha value is -4.20. The number of fused-ring (bicyclic) bond motifs is 1. The van der Waals surface area contributed by atoms with E-state index in [1.807, 2.05) is 95.8 Å². The molecule has 1 heterocycles. The first kappa shape index (κ1) is 24.9. The van der Waals surface area contributed by atoms with Gasteiger partial charge in [-0.05, 0) is 43.5 Å². The largest absolute Gasteiger partial charge is 0.463 e. The Labute approximate surface area is 208 Å². The van der Waals surface area contributed by atoms with Gasteiger partial charge >= 0.3 is 6.09 Å². The molecule has 0 aliphatic rings. The van der Waals surface area contributed by atoms with E-state index in [9.17, 15) is 19.1 Å². The summed E-state index contributed by atoms with van der Waals surface area (Å²) in [6.07, 6.45) is -0.836. The molecule has 0 spiro atoms. The van der Waals surface area contributed by atoms with Gasteiger partial charge in [0.1, 0.15) is 0 Å². The number of imidazole rings is 1. The van der Waals surface area contributed by atoms with Gasteiger partial charge < -0.3 is 19.6 Å². The van der Waals surface area contributed by atoms with Crippen molar-refractivity contribution in [1.29, 1.82) is 0 Å². The maximum Gasteiger partial charge on any atom is 0.434 e. The molecule has 4 rings (SSSR count). The van der Waals surface area contributed by atoms with Crippen LogP contribution in [0.3, 0.4) is 0 Å². The number of carboxylic acid groups (broad SMARTS) is 1. The Balaban J connectivity index is 1.90. The van der Waals surface area contributed by atoms with Crippen LogP contribution < -0.4 is 10.9 Å². The molecule has 3 aromatic carbocycles. The van der Waals surface area contributed by atoms with Gasteiger partial charge in [0.15, 0.2) is 6.67 Å². The maximum atomic E-state index is 13.0. The summed E-state index contributed by atoms with van der Waals surface area (Å²) < 4.78 is 16.7. The molecule has 1 aromatic heterocycles. The zero-order chi connectivity index (χ0) is 25.7. The first-order valence-electron chi connectivity index (χ1n) is 11.8. The monoisotopic (exact) mass is 488 g/mol. The fourth-order valence-electron chi connectivity index (χ4n) is 4.36. The van der Waals surface area contributed by atoms with E-state index < -0.39 is 24.7 Å². The summed E-state index contributed by atoms with van der Waals surface area (Å²) in [5, 5.41) is 12.3. The second kappa shape index (κ2) is 11.0. The van der Waals surface area contributed by atoms with Gasteiger partial charge in [0.2, 0.25) is 5.62 Å². The molecule has 0 saturated carbocycles. The molecule has 186 valence electrons. The minimum Gasteiger partial charge on any atom is -0.463 e. The summed E-state index contributed by atoms with van der Waals surface area (Å²) in [6, 6.07) is 23.2. The topological polar surface area (TPSA) is 88.6 Å². The first-order valence-corrected chi connectivity index (χ1v) is 11.8. The van der Waals surface area contributed by atoms with E-state index in [1.54, 1.807) is 0 Å². The van der Waals surface area contributed by atoms with Crippen LogP contribution in [-0.4, -0.2) is 39.5 Å². The number of hydrogen-bond donors (Lipinski definition) is 2. The molecule has 1 unspecified atom stereocenters. The van der Waals surface area contributed by atoms with Crippen LogP contribution in [0.1, 0.15) is 28.3 Å². The first-order chi connectivity index (χ1) is 17.4. The number of nitrogens with zero attached hydrogens (tertiary/aromatic N) is 3. The number of amides is 2. The smallest absolute Gasteiger partial charge is 0.434 e. The number of aromatic nitrogens is 2. The molecule has 4 aromatic rings. The van der Waals surface area contributed by atoms with E-state index in [1.165, 1.54) is 0 Å². The van der Waals surface area contributed by atoms with E-state index in [4.69, 9.17) is 0 Å². The molecule has 1 atom stereocenters. The van der Waals surface area contributed by atoms with E-state index in [-0.39, 0.29) is 12.2 Å². The van der Waals surface area contributed by atoms with Gasteiger partial charge in [-0.1, -0.05) is 71.8 Å². The molecule has 0 fully saturated rings. The highest BCUT2D eigenvalue weighted by Gasteiger charge is 2.22. The summed E-state index contributed by atoms with van der Waals surface area (Å²) in [5.41, 5.74) is 6.07. The molecule has 0 aliphatic carbocycles. The Morgan fingerprint density at radius 1 is 0.917 bits per heavy atom. The number of rotatable bonds is 8. The van der Waals surface area contributed by atoms with Crippen molar-refractivity contribution in [3.05, 3.63) is 101 Å². The maximum absolute atomic E-state index is 13.0. The molecular weight excluding hydrogens is 459 g/mol. The zero-order valence-corrected chi connectivity index (χ0v) is 20.3. The van der Waals surface area contributed by atoms with Gasteiger partial charge in [-0.25, -0.2) is 9.18 Å². The summed E-state index contributed by atoms with van der Waals surface area (Å²) in [5.74, 6) is -0.718. The number of nitrogens with one attached hydrogen (secondary N) is 1. The Bertz CT molecular complexity index is 1440. The fourth-order valence-corrected chi connectivity index (χ4v) is 4.36. The number of carbonyl (C=O) groups excluding carboxylic acids is 1. The summed E-state index contributed by atoms with van der Waals surface area (Å²) in [6.45, 7) is 3.41. The molecule has 2 N–H and O–H groups in total. The van der Waals surface area contributed by atoms with Crippen LogP contribution in [-0.2, 0) is 17.8 Å². The summed E-state index contributed by atoms with van der Waals surface area (Å²) >= 11 is 0. The van der Waals surface area contributed by atoms with Crippen LogP contribution in [0.2, 0.25) is 0 Å². The lowest BCUT2D eigenvalue weighted by atomic mass is 10.0. The van der Waals surface area contributed by atoms with Crippen molar-refractivity contribution < 1.29 is 19.1 Å². The molecule has 7 nitrogen and oxygen atoms in total. The van der Waals surface area contributed by atoms with Crippen LogP contribution >= 0.6 is 0 Å². The second-order valence-electron chi connectivity index (χ2n) is 8.91. The van der Waals surface area contributed by atoms with Gasteiger partial charge in [-0.2, -0.15) is 0 Å². The predicted octanol–water partition coefficient (Wildman–Crippen LogP) is 4.56. The van der Waals surface area contributed by atoms with E-state index >= 15 is 0 Å². The van der Waals surface area contributed by atoms with Crippen LogP contribution in [0.5, 0.6) is 0 Å². The highest BCUT2D eigenvalue weighted by Crippen LogP contribution is 2.22. The number of carbonyl (C=O) groups is 2. The molecule has 0 aliphatic heterocycles. The van der Waals surface area contributed by atoms with Gasteiger partial charge in [-0.3, -0.25) is 4.79 Å². The second-order valence-corrected chi connectivity index (χ2v) is 8.91. The van der Waals surface area contributed by atoms with Gasteiger partial charge in [0.05, 0.1) is 23.6 Å². The van der Waals surface area contributed by atoms with Gasteiger partial charge in [0.25, 0.3) is 5.91 Å². The van der Waals surface area contributed by atoms with Crippen molar-refractivity contribution in [2.24, 2.45) is 4.99 Å². The van der Waals surface area contributed by atoms with E-state index in [2.05, 4.69) is 10.3 Å². The summed E-state index contributed by atoms with van der Waals surface area (Å²) in [7, 11) is 0. The minimum absolute atomic E-state index is 0.113. The third kappa shape index (κ3) is 5.71. The van der Waals surface area contributed by atoms with Crippen molar-refractivity contribution in [3.8, 4) is 0 Å². The molecule has 36 heavy (non-hydrogen) atoms. The zero-order valence-electron chi connectivity index (χ0n) is 20.3. The van der Waals surface area contributed by atoms with Gasteiger partial charge in [0, 0.05) is 6.54 Å². The number of hydrogen-bond acceptors (Lipinski definition) is 2. The normalized spacial score (nSPS) is 12.6. The van der Waals surface area contributed by atoms with Crippen molar-refractivity contribution in [2.75, 3.05) is 13.2 Å². The van der Waals surface area contributed by atoms with Crippen LogP contribution in [0.25, 0.3) is 11.0 Å². The molecule has 2 amide bonds. The highest BCUT2D eigenvalue weighted by molar-refractivity contribution is 5.78. The number of halogens is 1. The van der Waals surface area contributed by atoms with Crippen molar-refractivity contribution in [2.45, 2.75) is 32.9 Å². The number of aryl methyl sites for hydroxylation is 2. The van der Waals surface area contributed by atoms with Crippen LogP contribution in [0.15, 0.2) is 77.8 Å². The fraction of sp³-hybridized carbons (Fsp3) is 0.250. The molecular formula is C28H29FN4O3. The quantitative estimate of drug-likeness (QED) is 0.381. The van der Waals surface area contributed by atoms with Crippen LogP contribution in [0.4, 0.5) is 9.18 Å². The highest BCUT2D eigenvalue weighted by atomic mass is 19.1. The van der Waals surface area contributed by atoms with Crippen molar-refractivity contribution >= 4 is 23.0 Å². The molecule has 0 bridgehead atoms.